The van der Waals surface area contributed by atoms with Gasteiger partial charge in [-0.15, -0.1) is 0 Å². The molecule has 2 fully saturated rings. The van der Waals surface area contributed by atoms with E-state index in [2.05, 4.69) is 12.2 Å². The minimum atomic E-state index is -0.0552. The Hall–Kier alpha value is 0.230. The molecule has 0 aromatic carbocycles. The van der Waals surface area contributed by atoms with Gasteiger partial charge in [-0.3, -0.25) is 0 Å². The van der Waals surface area contributed by atoms with Gasteiger partial charge in [-0.05, 0) is 51.2 Å². The molecular weight excluding hydrogens is 258 g/mol. The van der Waals surface area contributed by atoms with Gasteiger partial charge in [-0.2, -0.15) is 11.8 Å². The summed E-state index contributed by atoms with van der Waals surface area (Å²) < 4.78 is 5.62. The lowest BCUT2D eigenvalue weighted by molar-refractivity contribution is 0.129. The molecule has 0 radical (unpaired) electrons. The second-order valence-corrected chi connectivity index (χ2v) is 7.45. The number of aliphatic hydroxyl groups is 1. The highest BCUT2D eigenvalue weighted by molar-refractivity contribution is 7.99. The van der Waals surface area contributed by atoms with Gasteiger partial charge in [0.05, 0.1) is 12.7 Å². The Morgan fingerprint density at radius 1 is 1.32 bits per heavy atom. The molecule has 1 aliphatic carbocycles. The van der Waals surface area contributed by atoms with Crippen LogP contribution in [-0.2, 0) is 4.74 Å². The van der Waals surface area contributed by atoms with Crippen LogP contribution in [-0.4, -0.2) is 47.5 Å². The topological polar surface area (TPSA) is 41.5 Å². The Bertz CT molecular complexity index is 255. The van der Waals surface area contributed by atoms with Crippen molar-refractivity contribution in [3.05, 3.63) is 0 Å². The Balaban J connectivity index is 1.47. The van der Waals surface area contributed by atoms with Crippen LogP contribution in [0.15, 0.2) is 0 Å². The van der Waals surface area contributed by atoms with Crippen molar-refractivity contribution >= 4 is 11.8 Å². The molecule has 2 aliphatic rings. The molecule has 1 aliphatic heterocycles. The Kier molecular flexibility index (Phi) is 6.46. The van der Waals surface area contributed by atoms with Crippen LogP contribution in [0.1, 0.15) is 51.9 Å². The average molecular weight is 287 g/mol. The molecule has 2 atom stereocenters. The molecule has 3 nitrogen and oxygen atoms in total. The van der Waals surface area contributed by atoms with Gasteiger partial charge in [0.1, 0.15) is 0 Å². The first kappa shape index (κ1) is 15.6. The van der Waals surface area contributed by atoms with Crippen LogP contribution in [0.5, 0.6) is 0 Å². The molecule has 0 bridgehead atoms. The highest BCUT2D eigenvalue weighted by atomic mass is 32.2. The second kappa shape index (κ2) is 7.87. The highest BCUT2D eigenvalue weighted by Crippen LogP contribution is 2.25. The van der Waals surface area contributed by atoms with E-state index in [1.165, 1.54) is 44.3 Å². The quantitative estimate of drug-likeness (QED) is 0.606. The number of hydrogen-bond donors (Lipinski definition) is 2. The van der Waals surface area contributed by atoms with Gasteiger partial charge in [0, 0.05) is 23.9 Å². The van der Waals surface area contributed by atoms with E-state index in [4.69, 9.17) is 4.74 Å². The summed E-state index contributed by atoms with van der Waals surface area (Å²) in [5.74, 6) is 2.39. The van der Waals surface area contributed by atoms with Crippen LogP contribution >= 0.6 is 11.8 Å². The van der Waals surface area contributed by atoms with E-state index < -0.39 is 0 Å². The number of thioether (sulfide) groups is 1. The first-order valence-electron chi connectivity index (χ1n) is 7.80. The van der Waals surface area contributed by atoms with E-state index in [1.807, 2.05) is 11.8 Å². The summed E-state index contributed by atoms with van der Waals surface area (Å²) in [6.45, 7) is 3.38. The molecule has 2 rings (SSSR count). The summed E-state index contributed by atoms with van der Waals surface area (Å²) in [6, 6.07) is 0.672. The molecular formula is C15H29NO2S. The molecule has 0 amide bonds. The van der Waals surface area contributed by atoms with Crippen molar-refractivity contribution in [2.45, 2.75) is 69.6 Å². The van der Waals surface area contributed by atoms with Gasteiger partial charge in [0.2, 0.25) is 0 Å². The molecule has 1 saturated carbocycles. The summed E-state index contributed by atoms with van der Waals surface area (Å²) in [5.41, 5.74) is -0.0552. The van der Waals surface area contributed by atoms with Crippen LogP contribution in [0.25, 0.3) is 0 Å². The van der Waals surface area contributed by atoms with Crippen molar-refractivity contribution in [3.8, 4) is 0 Å². The van der Waals surface area contributed by atoms with E-state index >= 15 is 0 Å². The van der Waals surface area contributed by atoms with E-state index in [0.29, 0.717) is 12.1 Å². The van der Waals surface area contributed by atoms with Gasteiger partial charge in [-0.25, -0.2) is 0 Å². The molecule has 2 N–H and O–H groups in total. The van der Waals surface area contributed by atoms with Crippen molar-refractivity contribution in [3.63, 3.8) is 0 Å². The van der Waals surface area contributed by atoms with Crippen molar-refractivity contribution < 1.29 is 9.84 Å². The number of hydrogen-bond acceptors (Lipinski definition) is 4. The standard InChI is InChI=1S/C15H29NO2S/c1-15(12-17,16-13-6-7-13)8-2-3-10-19-11-14-5-4-9-18-14/h13-14,16-17H,2-12H2,1H3. The molecule has 1 heterocycles. The molecule has 0 spiro atoms. The predicted octanol–water partition coefficient (Wildman–Crippen LogP) is 2.57. The van der Waals surface area contributed by atoms with Crippen LogP contribution in [0.2, 0.25) is 0 Å². The second-order valence-electron chi connectivity index (χ2n) is 6.30. The molecule has 112 valence electrons. The third kappa shape index (κ3) is 6.03. The van der Waals surface area contributed by atoms with E-state index in [0.717, 1.165) is 18.8 Å². The highest BCUT2D eigenvalue weighted by Gasteiger charge is 2.31. The van der Waals surface area contributed by atoms with E-state index in [1.54, 1.807) is 0 Å². The average Bonchev–Trinajstić information content (AvgIpc) is 3.06. The first-order chi connectivity index (χ1) is 9.22. The molecule has 1 saturated heterocycles. The Morgan fingerprint density at radius 2 is 2.16 bits per heavy atom. The molecule has 2 unspecified atom stereocenters. The summed E-state index contributed by atoms with van der Waals surface area (Å²) in [5, 5.41) is 13.1. The number of nitrogens with one attached hydrogen (secondary N) is 1. The fourth-order valence-electron chi connectivity index (χ4n) is 2.63. The number of rotatable bonds is 10. The Labute approximate surface area is 121 Å². The lowest BCUT2D eigenvalue weighted by atomic mass is 9.96. The van der Waals surface area contributed by atoms with Gasteiger partial charge in [-0.1, -0.05) is 6.42 Å². The van der Waals surface area contributed by atoms with E-state index in [9.17, 15) is 5.11 Å². The van der Waals surface area contributed by atoms with E-state index in [-0.39, 0.29) is 12.1 Å². The van der Waals surface area contributed by atoms with Crippen molar-refractivity contribution in [1.82, 2.24) is 5.32 Å². The lowest BCUT2D eigenvalue weighted by Crippen LogP contribution is -2.46. The maximum Gasteiger partial charge on any atom is 0.0666 e. The summed E-state index contributed by atoms with van der Waals surface area (Å²) in [6.07, 6.45) is 9.12. The van der Waals surface area contributed by atoms with Crippen molar-refractivity contribution in [2.24, 2.45) is 0 Å². The van der Waals surface area contributed by atoms with Gasteiger partial charge in [0.25, 0.3) is 0 Å². The zero-order valence-corrected chi connectivity index (χ0v) is 13.0. The third-order valence-electron chi connectivity index (χ3n) is 4.07. The zero-order valence-electron chi connectivity index (χ0n) is 12.2. The van der Waals surface area contributed by atoms with Crippen LogP contribution in [0.4, 0.5) is 0 Å². The molecule has 0 aromatic rings. The number of aliphatic hydroxyl groups excluding tert-OH is 1. The van der Waals surface area contributed by atoms with Gasteiger partial charge in [0.15, 0.2) is 0 Å². The summed E-state index contributed by atoms with van der Waals surface area (Å²) in [4.78, 5) is 0. The number of unbranched alkanes of at least 4 members (excludes halogenated alkanes) is 1. The van der Waals surface area contributed by atoms with Gasteiger partial charge < -0.3 is 15.2 Å². The fraction of sp³-hybridized carbons (Fsp3) is 1.00. The molecule has 19 heavy (non-hydrogen) atoms. The molecule has 0 aromatic heterocycles. The monoisotopic (exact) mass is 287 g/mol. The smallest absolute Gasteiger partial charge is 0.0666 e. The summed E-state index contributed by atoms with van der Waals surface area (Å²) in [7, 11) is 0. The van der Waals surface area contributed by atoms with Crippen LogP contribution < -0.4 is 5.32 Å². The number of ether oxygens (including phenoxy) is 1. The first-order valence-corrected chi connectivity index (χ1v) is 8.95. The summed E-state index contributed by atoms with van der Waals surface area (Å²) >= 11 is 2.03. The minimum Gasteiger partial charge on any atom is -0.394 e. The largest absolute Gasteiger partial charge is 0.394 e. The SMILES string of the molecule is CC(CO)(CCCCSCC1CCCO1)NC1CC1. The van der Waals surface area contributed by atoms with Crippen LogP contribution in [0.3, 0.4) is 0 Å². The third-order valence-corrected chi connectivity index (χ3v) is 5.26. The normalized spacial score (nSPS) is 26.5. The predicted molar refractivity (Wildman–Crippen MR) is 81.8 cm³/mol. The lowest BCUT2D eigenvalue weighted by Gasteiger charge is -2.29. The maximum atomic E-state index is 9.52. The minimum absolute atomic E-state index is 0.0552. The zero-order chi connectivity index (χ0) is 13.6. The van der Waals surface area contributed by atoms with Crippen molar-refractivity contribution in [2.75, 3.05) is 24.7 Å². The maximum absolute atomic E-state index is 9.52. The molecule has 4 heteroatoms. The Morgan fingerprint density at radius 3 is 2.79 bits per heavy atom. The fourth-order valence-corrected chi connectivity index (χ4v) is 3.73. The van der Waals surface area contributed by atoms with Crippen molar-refractivity contribution in [1.29, 1.82) is 0 Å². The van der Waals surface area contributed by atoms with Crippen LogP contribution in [0, 0.1) is 0 Å². The van der Waals surface area contributed by atoms with Gasteiger partial charge >= 0.3 is 0 Å².